The molecular weight excluding hydrogens is 510 g/mol. The van der Waals surface area contributed by atoms with Gasteiger partial charge >= 0.3 is 5.97 Å². The number of rotatable bonds is 18. The number of carboxylic acids is 1. The molecule has 5 amide bonds. The third-order valence-corrected chi connectivity index (χ3v) is 5.44. The van der Waals surface area contributed by atoms with Gasteiger partial charge in [0.25, 0.3) is 0 Å². The summed E-state index contributed by atoms with van der Waals surface area (Å²) in [6, 6.07) is -5.03. The lowest BCUT2D eigenvalue weighted by atomic mass is 10.1. The fraction of sp³-hybridized carbons (Fsp3) is 0.650. The number of thioether (sulfide) groups is 1. The lowest BCUT2D eigenvalue weighted by Crippen LogP contribution is -2.58. The predicted octanol–water partition coefficient (Wildman–Crippen LogP) is -4.33. The minimum absolute atomic E-state index is 0.00339. The normalized spacial score (nSPS) is 13.7. The van der Waals surface area contributed by atoms with Crippen molar-refractivity contribution in [2.24, 2.45) is 27.9 Å². The predicted molar refractivity (Wildman–Crippen MR) is 137 cm³/mol. The Labute approximate surface area is 218 Å². The van der Waals surface area contributed by atoms with Gasteiger partial charge in [-0.25, -0.2) is 4.79 Å². The Kier molecular flexibility index (Phi) is 16.0. The van der Waals surface area contributed by atoms with Crippen LogP contribution in [0.5, 0.6) is 0 Å². The van der Waals surface area contributed by atoms with Crippen LogP contribution in [0, 0.1) is 0 Å². The summed E-state index contributed by atoms with van der Waals surface area (Å²) in [6.07, 6.45) is 1.55. The third-order valence-electron chi connectivity index (χ3n) is 4.80. The van der Waals surface area contributed by atoms with Crippen LogP contribution in [0.2, 0.25) is 0 Å². The van der Waals surface area contributed by atoms with Crippen LogP contribution >= 0.6 is 11.8 Å². The number of hydrogen-bond donors (Lipinski definition) is 9. The Bertz CT molecular complexity index is 852. The first-order valence-electron chi connectivity index (χ1n) is 11.3. The fourth-order valence-corrected chi connectivity index (χ4v) is 3.35. The molecule has 0 rings (SSSR count). The lowest BCUT2D eigenvalue weighted by molar-refractivity contribution is -0.142. The third kappa shape index (κ3) is 14.5. The summed E-state index contributed by atoms with van der Waals surface area (Å²) in [6.45, 7) is 1.09. The highest BCUT2D eigenvalue weighted by Crippen LogP contribution is 2.05. The number of nitrogens with zero attached hydrogens (tertiary/aromatic N) is 1. The number of aliphatic imine (C=N–C) groups is 1. The van der Waals surface area contributed by atoms with E-state index in [9.17, 15) is 33.9 Å². The van der Waals surface area contributed by atoms with Crippen molar-refractivity contribution in [3.05, 3.63) is 0 Å². The van der Waals surface area contributed by atoms with Gasteiger partial charge in [0.15, 0.2) is 5.96 Å². The van der Waals surface area contributed by atoms with Crippen molar-refractivity contribution in [2.75, 3.05) is 25.1 Å². The monoisotopic (exact) mass is 547 g/mol. The largest absolute Gasteiger partial charge is 0.480 e. The number of carbonyl (C=O) groups excluding carboxylic acids is 5. The Balaban J connectivity index is 5.64. The second-order valence-corrected chi connectivity index (χ2v) is 8.90. The van der Waals surface area contributed by atoms with E-state index < -0.39 is 66.1 Å². The molecule has 0 aliphatic rings. The second kappa shape index (κ2) is 17.8. The number of nitrogens with one attached hydrogen (secondary N) is 4. The zero-order chi connectivity index (χ0) is 28.5. The van der Waals surface area contributed by atoms with Crippen LogP contribution in [0.15, 0.2) is 4.99 Å². The summed E-state index contributed by atoms with van der Waals surface area (Å²) in [5, 5.41) is 18.8. The van der Waals surface area contributed by atoms with E-state index in [4.69, 9.17) is 22.9 Å². The van der Waals surface area contributed by atoms with Crippen molar-refractivity contribution in [1.29, 1.82) is 0 Å². The number of carbonyl (C=O) groups is 6. The molecule has 17 heteroatoms. The van der Waals surface area contributed by atoms with E-state index in [1.54, 1.807) is 6.26 Å². The molecule has 0 aromatic carbocycles. The van der Waals surface area contributed by atoms with Crippen molar-refractivity contribution in [2.45, 2.75) is 56.8 Å². The molecule has 0 aromatic heterocycles. The number of primary amides is 1. The van der Waals surface area contributed by atoms with Crippen molar-refractivity contribution in [1.82, 2.24) is 21.3 Å². The van der Waals surface area contributed by atoms with Crippen LogP contribution in [-0.2, 0) is 28.8 Å². The standard InChI is InChI=1S/C20H37N9O7S/c1-10(26-15(31)9-21)16(32)29-13(8-14(22)30)18(34)27-11(4-3-6-25-20(23)24)17(33)28-12(19(35)36)5-7-37-2/h10-13H,3-9,21H2,1-2H3,(H2,22,30)(H,26,31)(H,27,34)(H,28,33)(H,29,32)(H,35,36)(H4,23,24,25)/t10-,11-,12-,13-/m0/s1. The van der Waals surface area contributed by atoms with E-state index in [0.29, 0.717) is 5.75 Å². The number of amides is 5. The first kappa shape index (κ1) is 33.4. The Morgan fingerprint density at radius 2 is 1.43 bits per heavy atom. The van der Waals surface area contributed by atoms with Crippen LogP contribution in [0.1, 0.15) is 32.6 Å². The minimum Gasteiger partial charge on any atom is -0.480 e. The molecule has 0 bridgehead atoms. The quantitative estimate of drug-likeness (QED) is 0.0449. The average molecular weight is 548 g/mol. The first-order valence-corrected chi connectivity index (χ1v) is 12.7. The molecular formula is C20H37N9O7S. The molecule has 0 unspecified atom stereocenters. The molecule has 4 atom stereocenters. The second-order valence-electron chi connectivity index (χ2n) is 7.92. The highest BCUT2D eigenvalue weighted by molar-refractivity contribution is 7.98. The van der Waals surface area contributed by atoms with Crippen LogP contribution in [0.25, 0.3) is 0 Å². The van der Waals surface area contributed by atoms with Gasteiger partial charge in [0.1, 0.15) is 24.2 Å². The zero-order valence-corrected chi connectivity index (χ0v) is 21.6. The molecule has 13 N–H and O–H groups in total. The first-order chi connectivity index (χ1) is 17.3. The van der Waals surface area contributed by atoms with Crippen molar-refractivity contribution in [3.8, 4) is 0 Å². The Morgan fingerprint density at radius 3 is 1.95 bits per heavy atom. The maximum Gasteiger partial charge on any atom is 0.326 e. The van der Waals surface area contributed by atoms with E-state index in [2.05, 4.69) is 26.3 Å². The Morgan fingerprint density at radius 1 is 0.865 bits per heavy atom. The smallest absolute Gasteiger partial charge is 0.326 e. The molecule has 0 aliphatic carbocycles. The lowest BCUT2D eigenvalue weighted by Gasteiger charge is -2.25. The van der Waals surface area contributed by atoms with Crippen LogP contribution in [0.4, 0.5) is 0 Å². The maximum atomic E-state index is 13.0. The number of guanidine groups is 1. The number of carboxylic acid groups (broad SMARTS) is 1. The molecule has 0 heterocycles. The molecule has 16 nitrogen and oxygen atoms in total. The van der Waals surface area contributed by atoms with Crippen LogP contribution in [0.3, 0.4) is 0 Å². The van der Waals surface area contributed by atoms with Gasteiger partial charge in [0.2, 0.25) is 29.5 Å². The van der Waals surface area contributed by atoms with E-state index in [-0.39, 0.29) is 38.3 Å². The highest BCUT2D eigenvalue weighted by atomic mass is 32.2. The molecule has 210 valence electrons. The summed E-state index contributed by atoms with van der Waals surface area (Å²) in [4.78, 5) is 76.6. The van der Waals surface area contributed by atoms with Crippen LogP contribution in [-0.4, -0.2) is 95.8 Å². The van der Waals surface area contributed by atoms with Crippen molar-refractivity contribution in [3.63, 3.8) is 0 Å². The van der Waals surface area contributed by atoms with E-state index in [1.165, 1.54) is 18.7 Å². The molecule has 0 fully saturated rings. The van der Waals surface area contributed by atoms with Gasteiger partial charge < -0.3 is 49.3 Å². The molecule has 0 aromatic rings. The average Bonchev–Trinajstić information content (AvgIpc) is 2.81. The molecule has 0 saturated carbocycles. The maximum absolute atomic E-state index is 13.0. The zero-order valence-electron chi connectivity index (χ0n) is 20.8. The van der Waals surface area contributed by atoms with Gasteiger partial charge in [-0.15, -0.1) is 0 Å². The number of hydrogen-bond acceptors (Lipinski definition) is 9. The SMILES string of the molecule is CSCC[C@H](NC(=O)[C@H](CCCN=C(N)N)NC(=O)[C@H](CC(N)=O)NC(=O)[C@H](C)NC(=O)CN)C(=O)O. The summed E-state index contributed by atoms with van der Waals surface area (Å²) in [5.41, 5.74) is 21.0. The number of nitrogens with two attached hydrogens (primary N) is 4. The fourth-order valence-electron chi connectivity index (χ4n) is 2.88. The van der Waals surface area contributed by atoms with E-state index in [0.717, 1.165) is 0 Å². The van der Waals surface area contributed by atoms with Gasteiger partial charge in [-0.3, -0.25) is 29.0 Å². The van der Waals surface area contributed by atoms with Crippen LogP contribution < -0.4 is 44.2 Å². The molecule has 37 heavy (non-hydrogen) atoms. The Hall–Kier alpha value is -3.60. The van der Waals surface area contributed by atoms with Gasteiger partial charge in [0.05, 0.1) is 13.0 Å². The summed E-state index contributed by atoms with van der Waals surface area (Å²) < 4.78 is 0. The topological polar surface area (TPSA) is 287 Å². The summed E-state index contributed by atoms with van der Waals surface area (Å²) in [5.74, 6) is -5.03. The summed E-state index contributed by atoms with van der Waals surface area (Å²) >= 11 is 1.40. The van der Waals surface area contributed by atoms with Gasteiger partial charge in [-0.2, -0.15) is 11.8 Å². The van der Waals surface area contributed by atoms with E-state index in [1.807, 2.05) is 0 Å². The van der Waals surface area contributed by atoms with Gasteiger partial charge in [-0.1, -0.05) is 0 Å². The number of aliphatic carboxylic acids is 1. The minimum atomic E-state index is -1.48. The van der Waals surface area contributed by atoms with E-state index >= 15 is 0 Å². The molecule has 0 spiro atoms. The molecule has 0 radical (unpaired) electrons. The summed E-state index contributed by atoms with van der Waals surface area (Å²) in [7, 11) is 0. The molecule has 0 saturated heterocycles. The van der Waals surface area contributed by atoms with Crippen molar-refractivity contribution < 1.29 is 33.9 Å². The molecule has 0 aliphatic heterocycles. The van der Waals surface area contributed by atoms with Gasteiger partial charge in [0, 0.05) is 6.54 Å². The highest BCUT2D eigenvalue weighted by Gasteiger charge is 2.31. The van der Waals surface area contributed by atoms with Gasteiger partial charge in [-0.05, 0) is 38.2 Å². The van der Waals surface area contributed by atoms with Crippen molar-refractivity contribution >= 4 is 53.2 Å².